The topological polar surface area (TPSA) is 52.3 Å². The lowest BCUT2D eigenvalue weighted by Crippen LogP contribution is -2.14. The molecular formula is C14H15NO2S. The van der Waals surface area contributed by atoms with Crippen LogP contribution in [0.3, 0.4) is 0 Å². The molecule has 0 spiro atoms. The highest BCUT2D eigenvalue weighted by Gasteiger charge is 2.09. The Kier molecular flexibility index (Phi) is 3.99. The Labute approximate surface area is 110 Å². The van der Waals surface area contributed by atoms with Crippen LogP contribution >= 0.6 is 11.3 Å². The predicted octanol–water partition coefficient (Wildman–Crippen LogP) is 2.78. The van der Waals surface area contributed by atoms with Gasteiger partial charge in [0.15, 0.2) is 0 Å². The maximum Gasteiger partial charge on any atom is 0.252 e. The molecule has 0 atom stereocenters. The van der Waals surface area contributed by atoms with Crippen molar-refractivity contribution in [2.75, 3.05) is 6.61 Å². The Morgan fingerprint density at radius 3 is 2.89 bits per heavy atom. The van der Waals surface area contributed by atoms with Crippen molar-refractivity contribution in [3.05, 3.63) is 51.7 Å². The lowest BCUT2D eigenvalue weighted by Gasteiger charge is -2.10. The summed E-state index contributed by atoms with van der Waals surface area (Å²) in [7, 11) is 0. The second-order valence-electron chi connectivity index (χ2n) is 4.09. The number of ether oxygens (including phenoxy) is 1. The van der Waals surface area contributed by atoms with E-state index >= 15 is 0 Å². The molecule has 18 heavy (non-hydrogen) atoms. The molecule has 0 radical (unpaired) electrons. The van der Waals surface area contributed by atoms with Crippen LogP contribution in [0.1, 0.15) is 21.5 Å². The van der Waals surface area contributed by atoms with Gasteiger partial charge in [-0.05, 0) is 47.0 Å². The fourth-order valence-electron chi connectivity index (χ4n) is 1.67. The first kappa shape index (κ1) is 12.6. The molecule has 1 heterocycles. The highest BCUT2D eigenvalue weighted by atomic mass is 32.1. The van der Waals surface area contributed by atoms with Crippen LogP contribution in [-0.2, 0) is 6.42 Å². The molecule has 1 aromatic heterocycles. The van der Waals surface area contributed by atoms with Crippen molar-refractivity contribution in [2.24, 2.45) is 5.73 Å². The van der Waals surface area contributed by atoms with Crippen molar-refractivity contribution in [3.8, 4) is 5.75 Å². The summed E-state index contributed by atoms with van der Waals surface area (Å²) in [5, 5.41) is 4.13. The lowest BCUT2D eigenvalue weighted by molar-refractivity contribution is 0.0996. The van der Waals surface area contributed by atoms with Gasteiger partial charge in [-0.25, -0.2) is 0 Å². The third-order valence-corrected chi connectivity index (χ3v) is 3.36. The zero-order valence-electron chi connectivity index (χ0n) is 10.2. The monoisotopic (exact) mass is 261 g/mol. The average Bonchev–Trinajstić information content (AvgIpc) is 2.82. The van der Waals surface area contributed by atoms with Gasteiger partial charge in [0.25, 0.3) is 5.91 Å². The van der Waals surface area contributed by atoms with Gasteiger partial charge in [0.05, 0.1) is 12.2 Å². The van der Waals surface area contributed by atoms with Gasteiger partial charge < -0.3 is 10.5 Å². The summed E-state index contributed by atoms with van der Waals surface area (Å²) >= 11 is 1.67. The number of primary amides is 1. The minimum atomic E-state index is -0.458. The van der Waals surface area contributed by atoms with Gasteiger partial charge >= 0.3 is 0 Å². The second-order valence-corrected chi connectivity index (χ2v) is 4.87. The number of nitrogens with two attached hydrogens (primary N) is 1. The van der Waals surface area contributed by atoms with E-state index in [1.54, 1.807) is 17.4 Å². The van der Waals surface area contributed by atoms with E-state index in [1.165, 1.54) is 5.56 Å². The third-order valence-electron chi connectivity index (χ3n) is 2.63. The second kappa shape index (κ2) is 5.69. The van der Waals surface area contributed by atoms with E-state index < -0.39 is 5.91 Å². The minimum absolute atomic E-state index is 0.436. The number of carbonyl (C=O) groups excluding carboxylic acids is 1. The quantitative estimate of drug-likeness (QED) is 0.899. The molecule has 2 N–H and O–H groups in total. The number of rotatable bonds is 5. The van der Waals surface area contributed by atoms with Crippen LogP contribution in [0.15, 0.2) is 35.0 Å². The van der Waals surface area contributed by atoms with Gasteiger partial charge in [-0.3, -0.25) is 4.79 Å². The largest absolute Gasteiger partial charge is 0.492 e. The van der Waals surface area contributed by atoms with E-state index in [0.29, 0.717) is 17.9 Å². The zero-order chi connectivity index (χ0) is 13.0. The first-order valence-electron chi connectivity index (χ1n) is 5.71. The molecule has 94 valence electrons. The average molecular weight is 261 g/mol. The van der Waals surface area contributed by atoms with E-state index in [-0.39, 0.29) is 0 Å². The summed E-state index contributed by atoms with van der Waals surface area (Å²) in [5.74, 6) is 0.110. The smallest absolute Gasteiger partial charge is 0.252 e. The fraction of sp³-hybridized carbons (Fsp3) is 0.214. The van der Waals surface area contributed by atoms with Crippen molar-refractivity contribution in [1.29, 1.82) is 0 Å². The van der Waals surface area contributed by atoms with Gasteiger partial charge in [-0.15, -0.1) is 0 Å². The van der Waals surface area contributed by atoms with Crippen molar-refractivity contribution in [1.82, 2.24) is 0 Å². The van der Waals surface area contributed by atoms with E-state index in [9.17, 15) is 4.79 Å². The van der Waals surface area contributed by atoms with E-state index in [1.807, 2.05) is 24.4 Å². The summed E-state index contributed by atoms with van der Waals surface area (Å²) in [5.41, 5.74) is 8.04. The van der Waals surface area contributed by atoms with E-state index in [4.69, 9.17) is 10.5 Å². The first-order valence-corrected chi connectivity index (χ1v) is 6.65. The van der Waals surface area contributed by atoms with Crippen molar-refractivity contribution in [3.63, 3.8) is 0 Å². The summed E-state index contributed by atoms with van der Waals surface area (Å²) in [6.45, 7) is 2.50. The molecule has 0 bridgehead atoms. The number of amides is 1. The van der Waals surface area contributed by atoms with Crippen LogP contribution < -0.4 is 10.5 Å². The zero-order valence-corrected chi connectivity index (χ0v) is 11.0. The molecule has 0 unspecified atom stereocenters. The molecule has 1 amide bonds. The Bertz CT molecular complexity index is 535. The van der Waals surface area contributed by atoms with Crippen LogP contribution in [0.25, 0.3) is 0 Å². The highest BCUT2D eigenvalue weighted by Crippen LogP contribution is 2.20. The molecule has 0 saturated carbocycles. The molecule has 0 fully saturated rings. The number of carbonyl (C=O) groups is 1. The molecule has 4 heteroatoms. The van der Waals surface area contributed by atoms with Crippen LogP contribution in [0, 0.1) is 6.92 Å². The number of hydrogen-bond acceptors (Lipinski definition) is 3. The summed E-state index contributed by atoms with van der Waals surface area (Å²) in [6, 6.07) is 7.47. The molecule has 2 rings (SSSR count). The number of aryl methyl sites for hydroxylation is 1. The number of thiophene rings is 1. The Balaban J connectivity index is 2.03. The SMILES string of the molecule is Cc1ccc(C(N)=O)c(OCCc2ccsc2)c1. The molecular weight excluding hydrogens is 246 g/mol. The molecule has 3 nitrogen and oxygen atoms in total. The summed E-state index contributed by atoms with van der Waals surface area (Å²) in [4.78, 5) is 11.3. The molecule has 1 aromatic carbocycles. The van der Waals surface area contributed by atoms with Gasteiger partial charge in [-0.2, -0.15) is 11.3 Å². The standard InChI is InChI=1S/C14H15NO2S/c1-10-2-3-12(14(15)16)13(8-10)17-6-4-11-5-7-18-9-11/h2-3,5,7-9H,4,6H2,1H3,(H2,15,16). The van der Waals surface area contributed by atoms with Crippen LogP contribution in [-0.4, -0.2) is 12.5 Å². The van der Waals surface area contributed by atoms with Crippen LogP contribution in [0.4, 0.5) is 0 Å². The maximum absolute atomic E-state index is 11.3. The van der Waals surface area contributed by atoms with Crippen LogP contribution in [0.5, 0.6) is 5.75 Å². The summed E-state index contributed by atoms with van der Waals surface area (Å²) < 4.78 is 5.66. The van der Waals surface area contributed by atoms with E-state index in [0.717, 1.165) is 12.0 Å². The summed E-state index contributed by atoms with van der Waals surface area (Å²) in [6.07, 6.45) is 0.829. The van der Waals surface area contributed by atoms with Gasteiger partial charge in [0, 0.05) is 6.42 Å². The Morgan fingerprint density at radius 2 is 2.22 bits per heavy atom. The van der Waals surface area contributed by atoms with Gasteiger partial charge in [0.2, 0.25) is 0 Å². The number of benzene rings is 1. The molecule has 0 saturated heterocycles. The maximum atomic E-state index is 11.3. The van der Waals surface area contributed by atoms with Crippen molar-refractivity contribution >= 4 is 17.2 Å². The highest BCUT2D eigenvalue weighted by molar-refractivity contribution is 7.07. The van der Waals surface area contributed by atoms with Crippen molar-refractivity contribution < 1.29 is 9.53 Å². The van der Waals surface area contributed by atoms with Gasteiger partial charge in [-0.1, -0.05) is 6.07 Å². The minimum Gasteiger partial charge on any atom is -0.492 e. The molecule has 0 aliphatic carbocycles. The Morgan fingerprint density at radius 1 is 1.39 bits per heavy atom. The normalized spacial score (nSPS) is 10.3. The third kappa shape index (κ3) is 3.11. The van der Waals surface area contributed by atoms with Gasteiger partial charge in [0.1, 0.15) is 5.75 Å². The predicted molar refractivity (Wildman–Crippen MR) is 73.2 cm³/mol. The first-order chi connectivity index (χ1) is 8.66. The number of hydrogen-bond donors (Lipinski definition) is 1. The lowest BCUT2D eigenvalue weighted by atomic mass is 10.1. The van der Waals surface area contributed by atoms with Crippen molar-refractivity contribution in [2.45, 2.75) is 13.3 Å². The molecule has 0 aliphatic rings. The van der Waals surface area contributed by atoms with E-state index in [2.05, 4.69) is 11.4 Å². The Hall–Kier alpha value is -1.81. The molecule has 0 aliphatic heterocycles. The fourth-order valence-corrected chi connectivity index (χ4v) is 2.37. The van der Waals surface area contributed by atoms with Crippen LogP contribution in [0.2, 0.25) is 0 Å². The molecule has 2 aromatic rings.